The molecule has 0 aliphatic carbocycles. The number of hydrogen-bond acceptors (Lipinski definition) is 0. The van der Waals surface area contributed by atoms with Crippen molar-refractivity contribution in [3.05, 3.63) is 0 Å². The van der Waals surface area contributed by atoms with Gasteiger partial charge in [-0.15, -0.1) is 0 Å². The lowest BCUT2D eigenvalue weighted by Crippen LogP contribution is -2.13. The standard InChI is InChI=1S/C10H20F2/c1-4-10(11,12)8-6-5-7-9(2)3/h9H,4-8H2,1-3H3. The van der Waals surface area contributed by atoms with Gasteiger partial charge in [0.15, 0.2) is 0 Å². The van der Waals surface area contributed by atoms with E-state index in [4.69, 9.17) is 0 Å². The summed E-state index contributed by atoms with van der Waals surface area (Å²) in [6.07, 6.45) is 2.72. The fourth-order valence-corrected chi connectivity index (χ4v) is 1.11. The maximum absolute atomic E-state index is 12.7. The third-order valence-electron chi connectivity index (χ3n) is 2.09. The highest BCUT2D eigenvalue weighted by Gasteiger charge is 2.24. The van der Waals surface area contributed by atoms with E-state index in [1.54, 1.807) is 6.92 Å². The van der Waals surface area contributed by atoms with E-state index in [2.05, 4.69) is 13.8 Å². The Bertz CT molecular complexity index is 108. The molecule has 0 amide bonds. The van der Waals surface area contributed by atoms with Gasteiger partial charge >= 0.3 is 0 Å². The van der Waals surface area contributed by atoms with Crippen molar-refractivity contribution < 1.29 is 8.78 Å². The molecule has 0 nitrogen and oxygen atoms in total. The molecule has 12 heavy (non-hydrogen) atoms. The Labute approximate surface area is 74.4 Å². The minimum absolute atomic E-state index is 0.0192. The number of alkyl halides is 2. The number of hydrogen-bond donors (Lipinski definition) is 0. The monoisotopic (exact) mass is 178 g/mol. The Morgan fingerprint density at radius 1 is 1.17 bits per heavy atom. The molecular formula is C10H20F2. The predicted molar refractivity (Wildman–Crippen MR) is 48.5 cm³/mol. The molecule has 0 aromatic heterocycles. The van der Waals surface area contributed by atoms with Crippen LogP contribution in [0.1, 0.15) is 52.9 Å². The second-order valence-electron chi connectivity index (χ2n) is 3.85. The van der Waals surface area contributed by atoms with Crippen LogP contribution >= 0.6 is 0 Å². The molecule has 0 aromatic rings. The lowest BCUT2D eigenvalue weighted by Gasteiger charge is -2.13. The zero-order chi connectivity index (χ0) is 9.61. The van der Waals surface area contributed by atoms with Crippen LogP contribution in [0.2, 0.25) is 0 Å². The molecule has 0 rings (SSSR count). The van der Waals surface area contributed by atoms with E-state index in [-0.39, 0.29) is 12.8 Å². The molecule has 0 unspecified atom stereocenters. The summed E-state index contributed by atoms with van der Waals surface area (Å²) >= 11 is 0. The van der Waals surface area contributed by atoms with E-state index < -0.39 is 5.92 Å². The van der Waals surface area contributed by atoms with Crippen LogP contribution in [0, 0.1) is 5.92 Å². The van der Waals surface area contributed by atoms with Gasteiger partial charge in [-0.25, -0.2) is 8.78 Å². The van der Waals surface area contributed by atoms with E-state index in [9.17, 15) is 8.78 Å². The van der Waals surface area contributed by atoms with E-state index in [0.717, 1.165) is 12.8 Å². The first-order valence-corrected chi connectivity index (χ1v) is 4.86. The van der Waals surface area contributed by atoms with Gasteiger partial charge in [0, 0.05) is 12.8 Å². The smallest absolute Gasteiger partial charge is 0.207 e. The Kier molecular flexibility index (Phi) is 5.43. The third-order valence-corrected chi connectivity index (χ3v) is 2.09. The fraction of sp³-hybridized carbons (Fsp3) is 1.00. The average molecular weight is 178 g/mol. The van der Waals surface area contributed by atoms with Gasteiger partial charge in [-0.3, -0.25) is 0 Å². The number of halogens is 2. The van der Waals surface area contributed by atoms with Crippen molar-refractivity contribution in [3.8, 4) is 0 Å². The first kappa shape index (κ1) is 11.9. The molecular weight excluding hydrogens is 158 g/mol. The number of unbranched alkanes of at least 4 members (excludes halogenated alkanes) is 1. The zero-order valence-corrected chi connectivity index (χ0v) is 8.37. The molecule has 0 aromatic carbocycles. The molecule has 0 aliphatic heterocycles. The van der Waals surface area contributed by atoms with Crippen LogP contribution in [0.3, 0.4) is 0 Å². The van der Waals surface area contributed by atoms with Gasteiger partial charge in [-0.05, 0) is 12.3 Å². The fourth-order valence-electron chi connectivity index (χ4n) is 1.11. The third kappa shape index (κ3) is 6.56. The molecule has 2 heteroatoms. The summed E-state index contributed by atoms with van der Waals surface area (Å²) in [6, 6.07) is 0. The zero-order valence-electron chi connectivity index (χ0n) is 8.37. The van der Waals surface area contributed by atoms with Gasteiger partial charge < -0.3 is 0 Å². The normalized spacial score (nSPS) is 12.5. The molecule has 0 atom stereocenters. The Hall–Kier alpha value is -0.140. The van der Waals surface area contributed by atoms with Gasteiger partial charge in [0.2, 0.25) is 5.92 Å². The second-order valence-corrected chi connectivity index (χ2v) is 3.85. The molecule has 0 spiro atoms. The molecule has 0 heterocycles. The largest absolute Gasteiger partial charge is 0.247 e. The lowest BCUT2D eigenvalue weighted by atomic mass is 10.0. The summed E-state index contributed by atoms with van der Waals surface area (Å²) in [4.78, 5) is 0. The molecule has 74 valence electrons. The molecule has 0 aliphatic rings. The summed E-state index contributed by atoms with van der Waals surface area (Å²) < 4.78 is 25.4. The molecule has 0 saturated heterocycles. The molecule has 0 saturated carbocycles. The minimum Gasteiger partial charge on any atom is -0.207 e. The summed E-state index contributed by atoms with van der Waals surface area (Å²) in [5.74, 6) is -1.78. The highest BCUT2D eigenvalue weighted by atomic mass is 19.3. The van der Waals surface area contributed by atoms with Gasteiger partial charge in [0.05, 0.1) is 0 Å². The maximum Gasteiger partial charge on any atom is 0.247 e. The average Bonchev–Trinajstić information content (AvgIpc) is 1.98. The van der Waals surface area contributed by atoms with E-state index >= 15 is 0 Å². The minimum atomic E-state index is -2.42. The van der Waals surface area contributed by atoms with Gasteiger partial charge in [0.25, 0.3) is 0 Å². The first-order chi connectivity index (χ1) is 5.48. The van der Waals surface area contributed by atoms with Crippen LogP contribution in [-0.4, -0.2) is 5.92 Å². The van der Waals surface area contributed by atoms with Crippen molar-refractivity contribution in [1.29, 1.82) is 0 Å². The Balaban J connectivity index is 3.31. The predicted octanol–water partition coefficient (Wildman–Crippen LogP) is 4.25. The summed E-state index contributed by atoms with van der Waals surface area (Å²) in [6.45, 7) is 5.79. The summed E-state index contributed by atoms with van der Waals surface area (Å²) in [5, 5.41) is 0. The molecule has 0 N–H and O–H groups in total. The van der Waals surface area contributed by atoms with Crippen molar-refractivity contribution in [1.82, 2.24) is 0 Å². The SMILES string of the molecule is CCC(F)(F)CCCCC(C)C. The highest BCUT2D eigenvalue weighted by Crippen LogP contribution is 2.25. The van der Waals surface area contributed by atoms with E-state index in [0.29, 0.717) is 12.3 Å². The van der Waals surface area contributed by atoms with Crippen LogP contribution in [0.5, 0.6) is 0 Å². The number of rotatable bonds is 6. The van der Waals surface area contributed by atoms with Crippen molar-refractivity contribution >= 4 is 0 Å². The van der Waals surface area contributed by atoms with Crippen molar-refractivity contribution in [2.24, 2.45) is 5.92 Å². The maximum atomic E-state index is 12.7. The van der Waals surface area contributed by atoms with Crippen molar-refractivity contribution in [2.45, 2.75) is 58.8 Å². The second kappa shape index (κ2) is 5.50. The van der Waals surface area contributed by atoms with Crippen molar-refractivity contribution in [3.63, 3.8) is 0 Å². The Morgan fingerprint density at radius 3 is 2.17 bits per heavy atom. The van der Waals surface area contributed by atoms with Crippen LogP contribution in [0.25, 0.3) is 0 Å². The quantitative estimate of drug-likeness (QED) is 0.533. The van der Waals surface area contributed by atoms with E-state index in [1.165, 1.54) is 0 Å². The first-order valence-electron chi connectivity index (χ1n) is 4.86. The molecule has 0 radical (unpaired) electrons. The Morgan fingerprint density at radius 2 is 1.75 bits per heavy atom. The van der Waals surface area contributed by atoms with E-state index in [1.807, 2.05) is 0 Å². The van der Waals surface area contributed by atoms with Crippen LogP contribution in [0.15, 0.2) is 0 Å². The van der Waals surface area contributed by atoms with Gasteiger partial charge in [-0.2, -0.15) is 0 Å². The van der Waals surface area contributed by atoms with Gasteiger partial charge in [0.1, 0.15) is 0 Å². The van der Waals surface area contributed by atoms with Crippen LogP contribution < -0.4 is 0 Å². The van der Waals surface area contributed by atoms with Crippen LogP contribution in [-0.2, 0) is 0 Å². The molecule has 0 fully saturated rings. The highest BCUT2D eigenvalue weighted by molar-refractivity contribution is 4.63. The van der Waals surface area contributed by atoms with Crippen molar-refractivity contribution in [2.75, 3.05) is 0 Å². The molecule has 0 bridgehead atoms. The summed E-state index contributed by atoms with van der Waals surface area (Å²) in [7, 11) is 0. The topological polar surface area (TPSA) is 0 Å². The lowest BCUT2D eigenvalue weighted by molar-refractivity contribution is -0.0138. The van der Waals surface area contributed by atoms with Gasteiger partial charge in [-0.1, -0.05) is 33.6 Å². The van der Waals surface area contributed by atoms with Crippen LogP contribution in [0.4, 0.5) is 8.78 Å². The summed E-state index contributed by atoms with van der Waals surface area (Å²) in [5.41, 5.74) is 0.